The highest BCUT2D eigenvalue weighted by Crippen LogP contribution is 2.23. The van der Waals surface area contributed by atoms with E-state index in [1.54, 1.807) is 13.2 Å². The van der Waals surface area contributed by atoms with Crippen LogP contribution >= 0.6 is 0 Å². The number of aromatic amines is 1. The predicted molar refractivity (Wildman–Crippen MR) is 94.7 cm³/mol. The summed E-state index contributed by atoms with van der Waals surface area (Å²) in [6.07, 6.45) is 4.54. The van der Waals surface area contributed by atoms with Gasteiger partial charge in [0, 0.05) is 31.2 Å². The number of hydrogen-bond donors (Lipinski definition) is 1. The quantitative estimate of drug-likeness (QED) is 0.621. The van der Waals surface area contributed by atoms with Gasteiger partial charge >= 0.3 is 5.76 Å². The molecule has 25 heavy (non-hydrogen) atoms. The highest BCUT2D eigenvalue weighted by molar-refractivity contribution is 5.76. The van der Waals surface area contributed by atoms with Crippen molar-refractivity contribution in [3.63, 3.8) is 0 Å². The van der Waals surface area contributed by atoms with Gasteiger partial charge in [-0.2, -0.15) is 5.10 Å². The van der Waals surface area contributed by atoms with E-state index in [0.29, 0.717) is 11.5 Å². The molecule has 0 fully saturated rings. The molecular formula is C18H19N5O2. The van der Waals surface area contributed by atoms with Crippen LogP contribution in [0.3, 0.4) is 0 Å². The van der Waals surface area contributed by atoms with Crippen molar-refractivity contribution in [2.24, 2.45) is 13.0 Å². The Labute approximate surface area is 143 Å². The van der Waals surface area contributed by atoms with E-state index in [4.69, 9.17) is 4.42 Å². The summed E-state index contributed by atoms with van der Waals surface area (Å²) in [5.74, 6) is 0.920. The van der Waals surface area contributed by atoms with Crippen LogP contribution in [0.1, 0.15) is 19.5 Å². The predicted octanol–water partition coefficient (Wildman–Crippen LogP) is 2.91. The highest BCUT2D eigenvalue weighted by Gasteiger charge is 2.14. The molecule has 0 radical (unpaired) electrons. The fourth-order valence-corrected chi connectivity index (χ4v) is 2.99. The number of benzene rings is 1. The first-order chi connectivity index (χ1) is 12.0. The minimum atomic E-state index is -0.372. The molecule has 0 aliphatic rings. The molecule has 7 heteroatoms. The zero-order valence-electron chi connectivity index (χ0n) is 14.4. The Balaban J connectivity index is 1.76. The van der Waals surface area contributed by atoms with Crippen molar-refractivity contribution in [3.05, 3.63) is 52.9 Å². The Morgan fingerprint density at radius 2 is 2.12 bits per heavy atom. The molecule has 3 heterocycles. The van der Waals surface area contributed by atoms with Gasteiger partial charge in [-0.15, -0.1) is 0 Å². The largest absolute Gasteiger partial charge is 0.419 e. The molecular weight excluding hydrogens is 318 g/mol. The minimum Gasteiger partial charge on any atom is -0.408 e. The Hall–Kier alpha value is -3.09. The van der Waals surface area contributed by atoms with Gasteiger partial charge in [0.15, 0.2) is 11.4 Å². The first kappa shape index (κ1) is 15.4. The van der Waals surface area contributed by atoms with Crippen LogP contribution in [0.25, 0.3) is 28.3 Å². The van der Waals surface area contributed by atoms with Gasteiger partial charge in [-0.25, -0.2) is 9.78 Å². The van der Waals surface area contributed by atoms with E-state index in [2.05, 4.69) is 29.0 Å². The van der Waals surface area contributed by atoms with E-state index in [-0.39, 0.29) is 5.76 Å². The Kier molecular flexibility index (Phi) is 3.56. The molecule has 0 saturated heterocycles. The van der Waals surface area contributed by atoms with Crippen LogP contribution in [0, 0.1) is 5.92 Å². The number of fused-ring (bicyclic) bond motifs is 1. The maximum atomic E-state index is 11.7. The van der Waals surface area contributed by atoms with E-state index in [1.807, 2.05) is 35.0 Å². The molecule has 0 aliphatic heterocycles. The van der Waals surface area contributed by atoms with E-state index in [9.17, 15) is 4.79 Å². The lowest BCUT2D eigenvalue weighted by Crippen LogP contribution is -2.08. The Bertz CT molecular complexity index is 1100. The Morgan fingerprint density at radius 3 is 2.92 bits per heavy atom. The van der Waals surface area contributed by atoms with Crippen LogP contribution in [0.15, 0.2) is 45.9 Å². The number of H-pyrrole nitrogens is 1. The van der Waals surface area contributed by atoms with Gasteiger partial charge < -0.3 is 4.42 Å². The van der Waals surface area contributed by atoms with Crippen molar-refractivity contribution < 1.29 is 4.42 Å². The third-order valence-electron chi connectivity index (χ3n) is 4.18. The van der Waals surface area contributed by atoms with E-state index in [1.165, 1.54) is 4.57 Å². The SMILES string of the molecule is CC(C)Cc1cc(-c2nccn2-c2ccc3c(c2)oc(=O)n3C)n[nH]1. The second-order valence-corrected chi connectivity index (χ2v) is 6.58. The van der Waals surface area contributed by atoms with Crippen LogP contribution < -0.4 is 5.76 Å². The zero-order chi connectivity index (χ0) is 17.6. The van der Waals surface area contributed by atoms with E-state index in [0.717, 1.165) is 34.8 Å². The van der Waals surface area contributed by atoms with Crippen molar-refractivity contribution >= 4 is 11.1 Å². The van der Waals surface area contributed by atoms with Crippen molar-refractivity contribution in [1.29, 1.82) is 0 Å². The summed E-state index contributed by atoms with van der Waals surface area (Å²) in [7, 11) is 1.69. The zero-order valence-corrected chi connectivity index (χ0v) is 14.4. The average molecular weight is 337 g/mol. The highest BCUT2D eigenvalue weighted by atomic mass is 16.4. The fraction of sp³-hybridized carbons (Fsp3) is 0.278. The third-order valence-corrected chi connectivity index (χ3v) is 4.18. The van der Waals surface area contributed by atoms with E-state index >= 15 is 0 Å². The van der Waals surface area contributed by atoms with Crippen LogP contribution in [0.4, 0.5) is 0 Å². The molecule has 0 spiro atoms. The molecule has 7 nitrogen and oxygen atoms in total. The maximum Gasteiger partial charge on any atom is 0.419 e. The van der Waals surface area contributed by atoms with Gasteiger partial charge in [-0.05, 0) is 30.5 Å². The third kappa shape index (κ3) is 2.67. The first-order valence-electron chi connectivity index (χ1n) is 8.21. The molecule has 0 unspecified atom stereocenters. The monoisotopic (exact) mass is 337 g/mol. The second-order valence-electron chi connectivity index (χ2n) is 6.58. The summed E-state index contributed by atoms with van der Waals surface area (Å²) >= 11 is 0. The molecule has 0 amide bonds. The normalized spacial score (nSPS) is 11.7. The number of rotatable bonds is 4. The van der Waals surface area contributed by atoms with Crippen molar-refractivity contribution in [2.75, 3.05) is 0 Å². The lowest BCUT2D eigenvalue weighted by Gasteiger charge is -2.06. The fourth-order valence-electron chi connectivity index (χ4n) is 2.99. The van der Waals surface area contributed by atoms with Gasteiger partial charge in [0.1, 0.15) is 5.69 Å². The summed E-state index contributed by atoms with van der Waals surface area (Å²) in [5.41, 5.74) is 4.05. The smallest absolute Gasteiger partial charge is 0.408 e. The molecule has 0 atom stereocenters. The van der Waals surface area contributed by atoms with Gasteiger partial charge in [0.05, 0.1) is 11.2 Å². The molecule has 4 aromatic rings. The number of oxazole rings is 1. The minimum absolute atomic E-state index is 0.372. The second kappa shape index (κ2) is 5.77. The topological polar surface area (TPSA) is 81.6 Å². The van der Waals surface area contributed by atoms with Crippen LogP contribution in [-0.4, -0.2) is 24.3 Å². The van der Waals surface area contributed by atoms with Gasteiger partial charge in [0.2, 0.25) is 0 Å². The van der Waals surface area contributed by atoms with Gasteiger partial charge in [-0.1, -0.05) is 13.8 Å². The van der Waals surface area contributed by atoms with Crippen molar-refractivity contribution in [2.45, 2.75) is 20.3 Å². The summed E-state index contributed by atoms with van der Waals surface area (Å²) in [5, 5.41) is 7.47. The van der Waals surface area contributed by atoms with Crippen molar-refractivity contribution in [1.82, 2.24) is 24.3 Å². The molecule has 0 bridgehead atoms. The maximum absolute atomic E-state index is 11.7. The number of imidazole rings is 1. The molecule has 1 N–H and O–H groups in total. The summed E-state index contributed by atoms with van der Waals surface area (Å²) in [6, 6.07) is 7.67. The lowest BCUT2D eigenvalue weighted by atomic mass is 10.1. The van der Waals surface area contributed by atoms with E-state index < -0.39 is 0 Å². The molecule has 1 aromatic carbocycles. The van der Waals surface area contributed by atoms with Crippen molar-refractivity contribution in [3.8, 4) is 17.2 Å². The van der Waals surface area contributed by atoms with Gasteiger partial charge in [0.25, 0.3) is 0 Å². The summed E-state index contributed by atoms with van der Waals surface area (Å²) < 4.78 is 8.70. The number of nitrogens with one attached hydrogen (secondary N) is 1. The molecule has 4 rings (SSSR count). The number of aromatic nitrogens is 5. The standard InChI is InChI=1S/C18H19N5O2/c1-11(2)8-12-9-14(21-20-12)17-19-6-7-23(17)13-4-5-15-16(10-13)25-18(24)22(15)3/h4-7,9-11H,8H2,1-3H3,(H,20,21). The Morgan fingerprint density at radius 1 is 1.28 bits per heavy atom. The van der Waals surface area contributed by atoms with Crippen LogP contribution in [-0.2, 0) is 13.5 Å². The molecule has 0 aliphatic carbocycles. The number of hydrogen-bond acceptors (Lipinski definition) is 4. The summed E-state index contributed by atoms with van der Waals surface area (Å²) in [4.78, 5) is 16.1. The number of aryl methyl sites for hydroxylation is 1. The van der Waals surface area contributed by atoms with Crippen LogP contribution in [0.2, 0.25) is 0 Å². The van der Waals surface area contributed by atoms with Gasteiger partial charge in [-0.3, -0.25) is 14.2 Å². The first-order valence-corrected chi connectivity index (χ1v) is 8.21. The average Bonchev–Trinajstić information content (AvgIpc) is 3.27. The lowest BCUT2D eigenvalue weighted by molar-refractivity contribution is 0.528. The molecule has 0 saturated carbocycles. The number of nitrogens with zero attached hydrogens (tertiary/aromatic N) is 4. The van der Waals surface area contributed by atoms with Crippen LogP contribution in [0.5, 0.6) is 0 Å². The molecule has 128 valence electrons. The summed E-state index contributed by atoms with van der Waals surface area (Å²) in [6.45, 7) is 4.34. The molecule has 3 aromatic heterocycles.